The number of hydrogen-bond acceptors (Lipinski definition) is 3. The minimum atomic E-state index is -0.589. The van der Waals surface area contributed by atoms with E-state index < -0.39 is 6.10 Å². The van der Waals surface area contributed by atoms with Gasteiger partial charge in [0.15, 0.2) is 6.10 Å². The van der Waals surface area contributed by atoms with E-state index in [0.717, 1.165) is 25.9 Å². The normalized spacial score (nSPS) is 18.2. The van der Waals surface area contributed by atoms with Crippen LogP contribution in [-0.2, 0) is 4.79 Å². The van der Waals surface area contributed by atoms with E-state index in [4.69, 9.17) is 4.74 Å². The Morgan fingerprint density at radius 3 is 2.36 bits per heavy atom. The van der Waals surface area contributed by atoms with Crippen LogP contribution in [0.15, 0.2) is 24.3 Å². The molecule has 122 valence electrons. The molecule has 1 N–H and O–H groups in total. The zero-order chi connectivity index (χ0) is 16.1. The number of ether oxygens (including phenoxy) is 1. The first-order chi connectivity index (χ1) is 10.5. The molecule has 1 aliphatic heterocycles. The second-order valence-corrected chi connectivity index (χ2v) is 6.13. The van der Waals surface area contributed by atoms with Gasteiger partial charge in [0, 0.05) is 25.2 Å². The van der Waals surface area contributed by atoms with E-state index in [9.17, 15) is 9.18 Å². The molecule has 22 heavy (non-hydrogen) atoms. The Morgan fingerprint density at radius 2 is 1.82 bits per heavy atom. The minimum absolute atomic E-state index is 0.118. The second kappa shape index (κ2) is 7.58. The van der Waals surface area contributed by atoms with Gasteiger partial charge >= 0.3 is 0 Å². The molecule has 0 bridgehead atoms. The number of carbonyl (C=O) groups is 1. The lowest BCUT2D eigenvalue weighted by molar-refractivity contribution is -0.128. The van der Waals surface area contributed by atoms with Crippen molar-refractivity contribution in [3.63, 3.8) is 0 Å². The molecule has 1 atom stereocenters. The Kier molecular flexibility index (Phi) is 5.77. The molecule has 0 spiro atoms. The van der Waals surface area contributed by atoms with Crippen molar-refractivity contribution < 1.29 is 13.9 Å². The van der Waals surface area contributed by atoms with Crippen LogP contribution in [0.2, 0.25) is 0 Å². The Morgan fingerprint density at radius 1 is 1.23 bits per heavy atom. The van der Waals surface area contributed by atoms with Gasteiger partial charge in [-0.1, -0.05) is 0 Å². The highest BCUT2D eigenvalue weighted by Crippen LogP contribution is 2.15. The van der Waals surface area contributed by atoms with Crippen LogP contribution in [0.5, 0.6) is 5.75 Å². The van der Waals surface area contributed by atoms with Crippen molar-refractivity contribution in [3.05, 3.63) is 30.1 Å². The second-order valence-electron chi connectivity index (χ2n) is 6.13. The van der Waals surface area contributed by atoms with Gasteiger partial charge in [-0.15, -0.1) is 0 Å². The first kappa shape index (κ1) is 16.7. The molecule has 4 nitrogen and oxygen atoms in total. The molecule has 0 aliphatic carbocycles. The van der Waals surface area contributed by atoms with Gasteiger partial charge in [0.25, 0.3) is 5.91 Å². The van der Waals surface area contributed by atoms with Gasteiger partial charge in [-0.25, -0.2) is 4.39 Å². The lowest BCUT2D eigenvalue weighted by Crippen LogP contribution is -2.49. The topological polar surface area (TPSA) is 41.6 Å². The number of likely N-dealkylation sites (tertiary alicyclic amines) is 1. The Bertz CT molecular complexity index is 482. The average molecular weight is 308 g/mol. The Hall–Kier alpha value is -1.62. The fourth-order valence-corrected chi connectivity index (χ4v) is 2.65. The van der Waals surface area contributed by atoms with E-state index in [0.29, 0.717) is 11.8 Å². The summed E-state index contributed by atoms with van der Waals surface area (Å²) in [6.07, 6.45) is 1.34. The summed E-state index contributed by atoms with van der Waals surface area (Å²) in [4.78, 5) is 14.6. The van der Waals surface area contributed by atoms with Crippen LogP contribution < -0.4 is 10.1 Å². The number of hydrogen-bond donors (Lipinski definition) is 1. The molecule has 1 aromatic carbocycles. The fraction of sp³-hybridized carbons (Fsp3) is 0.588. The van der Waals surface area contributed by atoms with Gasteiger partial charge in [0.1, 0.15) is 11.6 Å². The van der Waals surface area contributed by atoms with Crippen molar-refractivity contribution in [1.29, 1.82) is 0 Å². The zero-order valence-electron chi connectivity index (χ0n) is 13.5. The maximum atomic E-state index is 12.8. The maximum absolute atomic E-state index is 12.8. The van der Waals surface area contributed by atoms with Crippen LogP contribution in [0.1, 0.15) is 33.6 Å². The lowest BCUT2D eigenvalue weighted by Gasteiger charge is -2.35. The summed E-state index contributed by atoms with van der Waals surface area (Å²) in [6, 6.07) is 6.46. The van der Waals surface area contributed by atoms with Crippen LogP contribution in [0, 0.1) is 5.82 Å². The van der Waals surface area contributed by atoms with E-state index >= 15 is 0 Å². The summed E-state index contributed by atoms with van der Waals surface area (Å²) in [5, 5.41) is 3.05. The Balaban J connectivity index is 1.78. The number of halogens is 1. The third-order valence-corrected chi connectivity index (χ3v) is 4.10. The number of carbonyl (C=O) groups excluding carboxylic acids is 1. The highest BCUT2D eigenvalue weighted by atomic mass is 19.1. The summed E-state index contributed by atoms with van der Waals surface area (Å²) in [5.74, 6) is 0.0624. The van der Waals surface area contributed by atoms with Gasteiger partial charge in [-0.3, -0.25) is 4.79 Å². The largest absolute Gasteiger partial charge is 0.481 e. The molecule has 1 saturated heterocycles. The number of benzene rings is 1. The van der Waals surface area contributed by atoms with Crippen molar-refractivity contribution in [2.75, 3.05) is 13.1 Å². The number of nitrogens with one attached hydrogen (secondary N) is 1. The van der Waals surface area contributed by atoms with Crippen molar-refractivity contribution in [2.45, 2.75) is 51.8 Å². The Labute approximate surface area is 131 Å². The maximum Gasteiger partial charge on any atom is 0.260 e. The first-order valence-corrected chi connectivity index (χ1v) is 7.92. The fourth-order valence-electron chi connectivity index (χ4n) is 2.65. The van der Waals surface area contributed by atoms with Crippen LogP contribution in [0.3, 0.4) is 0 Å². The number of piperidine rings is 1. The van der Waals surface area contributed by atoms with E-state index in [-0.39, 0.29) is 17.8 Å². The molecule has 1 aromatic rings. The lowest BCUT2D eigenvalue weighted by atomic mass is 10.0. The van der Waals surface area contributed by atoms with E-state index in [1.54, 1.807) is 6.92 Å². The first-order valence-electron chi connectivity index (χ1n) is 7.92. The summed E-state index contributed by atoms with van der Waals surface area (Å²) in [6.45, 7) is 8.11. The number of rotatable bonds is 5. The molecule has 1 amide bonds. The number of amides is 1. The van der Waals surface area contributed by atoms with E-state index in [2.05, 4.69) is 24.1 Å². The summed E-state index contributed by atoms with van der Waals surface area (Å²) >= 11 is 0. The van der Waals surface area contributed by atoms with Crippen molar-refractivity contribution in [3.8, 4) is 5.75 Å². The van der Waals surface area contributed by atoms with E-state index in [1.807, 2.05) is 0 Å². The van der Waals surface area contributed by atoms with Crippen LogP contribution in [0.25, 0.3) is 0 Å². The summed E-state index contributed by atoms with van der Waals surface area (Å²) in [5.41, 5.74) is 0. The standard InChI is InChI=1S/C17H25FN2O2/c1-12(2)20-10-8-15(9-11-20)19-17(21)13(3)22-16-6-4-14(18)5-7-16/h4-7,12-13,15H,8-11H2,1-3H3,(H,19,21)/t13-/m0/s1. The van der Waals surface area contributed by atoms with Gasteiger partial charge in [-0.2, -0.15) is 0 Å². The monoisotopic (exact) mass is 308 g/mol. The average Bonchev–Trinajstić information content (AvgIpc) is 2.50. The molecule has 0 unspecified atom stereocenters. The zero-order valence-corrected chi connectivity index (χ0v) is 13.5. The van der Waals surface area contributed by atoms with Gasteiger partial charge in [-0.05, 0) is 57.9 Å². The third kappa shape index (κ3) is 4.70. The van der Waals surface area contributed by atoms with Crippen LogP contribution >= 0.6 is 0 Å². The van der Waals surface area contributed by atoms with E-state index in [1.165, 1.54) is 24.3 Å². The molecule has 1 fully saturated rings. The molecule has 0 radical (unpaired) electrons. The minimum Gasteiger partial charge on any atom is -0.481 e. The van der Waals surface area contributed by atoms with Crippen molar-refractivity contribution >= 4 is 5.91 Å². The van der Waals surface area contributed by atoms with Crippen LogP contribution in [0.4, 0.5) is 4.39 Å². The smallest absolute Gasteiger partial charge is 0.260 e. The van der Waals surface area contributed by atoms with Gasteiger partial charge in [0.2, 0.25) is 0 Å². The van der Waals surface area contributed by atoms with Gasteiger partial charge < -0.3 is 15.0 Å². The van der Waals surface area contributed by atoms with Gasteiger partial charge in [0.05, 0.1) is 0 Å². The molecule has 2 rings (SSSR count). The quantitative estimate of drug-likeness (QED) is 0.909. The molecule has 0 saturated carbocycles. The molecule has 1 aliphatic rings. The highest BCUT2D eigenvalue weighted by molar-refractivity contribution is 5.81. The molecule has 1 heterocycles. The number of nitrogens with zero attached hydrogens (tertiary/aromatic N) is 1. The SMILES string of the molecule is CC(C)N1CCC(NC(=O)[C@H](C)Oc2ccc(F)cc2)CC1. The van der Waals surface area contributed by atoms with Crippen molar-refractivity contribution in [2.24, 2.45) is 0 Å². The predicted molar refractivity (Wildman–Crippen MR) is 84.4 cm³/mol. The van der Waals surface area contributed by atoms with Crippen molar-refractivity contribution in [1.82, 2.24) is 10.2 Å². The molecule has 5 heteroatoms. The molecular weight excluding hydrogens is 283 g/mol. The molecule has 0 aromatic heterocycles. The van der Waals surface area contributed by atoms with Crippen LogP contribution in [-0.4, -0.2) is 42.1 Å². The predicted octanol–water partition coefficient (Wildman–Crippen LogP) is 2.58. The summed E-state index contributed by atoms with van der Waals surface area (Å²) in [7, 11) is 0. The highest BCUT2D eigenvalue weighted by Gasteiger charge is 2.24. The third-order valence-electron chi connectivity index (χ3n) is 4.10. The molecular formula is C17H25FN2O2. The summed E-state index contributed by atoms with van der Waals surface area (Å²) < 4.78 is 18.4.